The second-order valence-corrected chi connectivity index (χ2v) is 4.51. The highest BCUT2D eigenvalue weighted by Crippen LogP contribution is 2.24. The lowest BCUT2D eigenvalue weighted by Gasteiger charge is -2.15. The molecule has 1 amide bonds. The molecule has 1 aliphatic rings. The fourth-order valence-corrected chi connectivity index (χ4v) is 2.29. The average molecular weight is 230 g/mol. The Hall–Kier alpha value is -1.88. The predicted molar refractivity (Wildman–Crippen MR) is 65.7 cm³/mol. The first kappa shape index (κ1) is 10.3. The molecule has 3 rings (SSSR count). The quantitative estimate of drug-likeness (QED) is 0.781. The van der Waals surface area contributed by atoms with Crippen LogP contribution in [0.15, 0.2) is 24.4 Å². The predicted octanol–water partition coefficient (Wildman–Crippen LogP) is 0.637. The maximum Gasteiger partial charge on any atom is 0.228 e. The van der Waals surface area contributed by atoms with Gasteiger partial charge in [0.25, 0.3) is 0 Å². The van der Waals surface area contributed by atoms with Crippen molar-refractivity contribution in [3.63, 3.8) is 0 Å². The number of hydrogen-bond acceptors (Lipinski definition) is 3. The molecule has 1 aromatic carbocycles. The minimum absolute atomic E-state index is 0.0490. The van der Waals surface area contributed by atoms with Crippen molar-refractivity contribution >= 4 is 22.5 Å². The smallest absolute Gasteiger partial charge is 0.228 e. The Bertz CT molecular complexity index is 589. The molecule has 5 heteroatoms. The number of amides is 1. The number of nitrogens with zero attached hydrogens (tertiary/aromatic N) is 3. The summed E-state index contributed by atoms with van der Waals surface area (Å²) in [6, 6.07) is 5.79. The van der Waals surface area contributed by atoms with E-state index < -0.39 is 0 Å². The summed E-state index contributed by atoms with van der Waals surface area (Å²) in [5.74, 6) is 0.0979. The van der Waals surface area contributed by atoms with Crippen molar-refractivity contribution in [2.75, 3.05) is 11.4 Å². The summed E-state index contributed by atoms with van der Waals surface area (Å²) in [5, 5.41) is 5.34. The Morgan fingerprint density at radius 1 is 1.47 bits per heavy atom. The van der Waals surface area contributed by atoms with E-state index in [1.54, 1.807) is 9.58 Å². The van der Waals surface area contributed by atoms with Crippen molar-refractivity contribution in [1.29, 1.82) is 0 Å². The van der Waals surface area contributed by atoms with Crippen LogP contribution in [0.25, 0.3) is 10.9 Å². The van der Waals surface area contributed by atoms with Crippen LogP contribution in [-0.2, 0) is 11.8 Å². The number of aryl methyl sites for hydroxylation is 1. The van der Waals surface area contributed by atoms with Crippen LogP contribution in [0.3, 0.4) is 0 Å². The van der Waals surface area contributed by atoms with E-state index in [0.29, 0.717) is 13.0 Å². The van der Waals surface area contributed by atoms with Gasteiger partial charge in [-0.25, -0.2) is 0 Å². The minimum atomic E-state index is -0.0490. The number of carbonyl (C=O) groups excluding carboxylic acids is 1. The molecule has 0 radical (unpaired) electrons. The number of aromatic nitrogens is 2. The minimum Gasteiger partial charge on any atom is -0.326 e. The normalized spacial score (nSPS) is 20.5. The van der Waals surface area contributed by atoms with Gasteiger partial charge in [-0.3, -0.25) is 9.48 Å². The van der Waals surface area contributed by atoms with E-state index in [2.05, 4.69) is 5.10 Å². The van der Waals surface area contributed by atoms with Crippen molar-refractivity contribution in [2.45, 2.75) is 12.5 Å². The van der Waals surface area contributed by atoms with E-state index in [-0.39, 0.29) is 11.9 Å². The van der Waals surface area contributed by atoms with Gasteiger partial charge in [-0.2, -0.15) is 5.10 Å². The van der Waals surface area contributed by atoms with E-state index in [9.17, 15) is 4.79 Å². The Balaban J connectivity index is 2.03. The molecule has 17 heavy (non-hydrogen) atoms. The highest BCUT2D eigenvalue weighted by Gasteiger charge is 2.28. The molecule has 1 aliphatic heterocycles. The summed E-state index contributed by atoms with van der Waals surface area (Å²) in [6.07, 6.45) is 2.38. The van der Waals surface area contributed by atoms with E-state index in [4.69, 9.17) is 5.73 Å². The molecule has 0 bridgehead atoms. The van der Waals surface area contributed by atoms with Gasteiger partial charge < -0.3 is 10.6 Å². The van der Waals surface area contributed by atoms with Crippen molar-refractivity contribution in [1.82, 2.24) is 9.78 Å². The zero-order valence-corrected chi connectivity index (χ0v) is 9.63. The van der Waals surface area contributed by atoms with Crippen molar-refractivity contribution in [3.8, 4) is 0 Å². The highest BCUT2D eigenvalue weighted by atomic mass is 16.2. The molecule has 1 atom stereocenters. The Morgan fingerprint density at radius 2 is 2.29 bits per heavy atom. The van der Waals surface area contributed by atoms with Crippen LogP contribution in [0, 0.1) is 0 Å². The van der Waals surface area contributed by atoms with E-state index in [1.165, 1.54) is 0 Å². The number of carbonyl (C=O) groups is 1. The zero-order valence-electron chi connectivity index (χ0n) is 9.63. The number of nitrogens with two attached hydrogens (primary N) is 1. The maximum atomic E-state index is 11.8. The lowest BCUT2D eigenvalue weighted by atomic mass is 10.2. The van der Waals surface area contributed by atoms with Gasteiger partial charge in [0.1, 0.15) is 0 Å². The second-order valence-electron chi connectivity index (χ2n) is 4.51. The van der Waals surface area contributed by atoms with E-state index in [1.807, 2.05) is 31.4 Å². The van der Waals surface area contributed by atoms with Gasteiger partial charge in [0, 0.05) is 43.3 Å². The van der Waals surface area contributed by atoms with Gasteiger partial charge in [0.15, 0.2) is 0 Å². The molecule has 5 nitrogen and oxygen atoms in total. The topological polar surface area (TPSA) is 64.2 Å². The molecule has 1 fully saturated rings. The van der Waals surface area contributed by atoms with Gasteiger partial charge in [-0.1, -0.05) is 0 Å². The average Bonchev–Trinajstić information content (AvgIpc) is 2.78. The summed E-state index contributed by atoms with van der Waals surface area (Å²) >= 11 is 0. The number of rotatable bonds is 1. The molecule has 88 valence electrons. The lowest BCUT2D eigenvalue weighted by molar-refractivity contribution is -0.117. The van der Waals surface area contributed by atoms with Gasteiger partial charge in [0.05, 0.1) is 5.52 Å². The van der Waals surface area contributed by atoms with Gasteiger partial charge in [-0.15, -0.1) is 0 Å². The van der Waals surface area contributed by atoms with Crippen LogP contribution < -0.4 is 10.6 Å². The van der Waals surface area contributed by atoms with E-state index in [0.717, 1.165) is 16.6 Å². The molecular formula is C12H14N4O. The van der Waals surface area contributed by atoms with Crippen molar-refractivity contribution < 1.29 is 4.79 Å². The zero-order chi connectivity index (χ0) is 12.0. The largest absolute Gasteiger partial charge is 0.326 e. The van der Waals surface area contributed by atoms with E-state index >= 15 is 0 Å². The monoisotopic (exact) mass is 230 g/mol. The van der Waals surface area contributed by atoms with Crippen LogP contribution >= 0.6 is 0 Å². The summed E-state index contributed by atoms with van der Waals surface area (Å²) in [7, 11) is 1.89. The summed E-state index contributed by atoms with van der Waals surface area (Å²) in [4.78, 5) is 13.5. The van der Waals surface area contributed by atoms with Crippen molar-refractivity contribution in [3.05, 3.63) is 24.4 Å². The lowest BCUT2D eigenvalue weighted by Crippen LogP contribution is -2.27. The standard InChI is InChI=1S/C12H14N4O/c1-15-6-8-4-10(2-3-11(8)14-15)16-7-9(13)5-12(16)17/h2-4,6,9H,5,7,13H2,1H3. The van der Waals surface area contributed by atoms with Crippen LogP contribution in [0.2, 0.25) is 0 Å². The first-order valence-electron chi connectivity index (χ1n) is 5.63. The van der Waals surface area contributed by atoms with Crippen molar-refractivity contribution in [2.24, 2.45) is 12.8 Å². The Labute approximate surface area is 98.8 Å². The Morgan fingerprint density at radius 3 is 3.00 bits per heavy atom. The molecular weight excluding hydrogens is 216 g/mol. The summed E-state index contributed by atoms with van der Waals surface area (Å²) in [5.41, 5.74) is 7.63. The number of benzene rings is 1. The fraction of sp³-hybridized carbons (Fsp3) is 0.333. The molecule has 0 saturated carbocycles. The highest BCUT2D eigenvalue weighted by molar-refractivity contribution is 5.98. The molecule has 0 aliphatic carbocycles. The Kier molecular flexibility index (Phi) is 2.16. The van der Waals surface area contributed by atoms with Crippen LogP contribution in [-0.4, -0.2) is 28.3 Å². The first-order chi connectivity index (χ1) is 8.13. The third-order valence-electron chi connectivity index (χ3n) is 3.07. The molecule has 2 heterocycles. The number of hydrogen-bond donors (Lipinski definition) is 1. The van der Waals surface area contributed by atoms with Gasteiger partial charge >= 0.3 is 0 Å². The number of anilines is 1. The van der Waals surface area contributed by atoms with Crippen LogP contribution in [0.5, 0.6) is 0 Å². The molecule has 1 aromatic heterocycles. The summed E-state index contributed by atoms with van der Waals surface area (Å²) in [6.45, 7) is 0.602. The molecule has 1 unspecified atom stereocenters. The third-order valence-corrected chi connectivity index (χ3v) is 3.07. The maximum absolute atomic E-state index is 11.8. The van der Waals surface area contributed by atoms with Gasteiger partial charge in [-0.05, 0) is 18.2 Å². The van der Waals surface area contributed by atoms with Crippen LogP contribution in [0.1, 0.15) is 6.42 Å². The molecule has 1 saturated heterocycles. The van der Waals surface area contributed by atoms with Gasteiger partial charge in [0.2, 0.25) is 5.91 Å². The molecule has 0 spiro atoms. The first-order valence-corrected chi connectivity index (χ1v) is 5.63. The molecule has 2 N–H and O–H groups in total. The number of fused-ring (bicyclic) bond motifs is 1. The second kappa shape index (κ2) is 3.56. The summed E-state index contributed by atoms with van der Waals surface area (Å²) < 4.78 is 1.77. The fourth-order valence-electron chi connectivity index (χ4n) is 2.29. The third kappa shape index (κ3) is 1.68. The molecule has 2 aromatic rings. The van der Waals surface area contributed by atoms with Crippen LogP contribution in [0.4, 0.5) is 5.69 Å². The SMILES string of the molecule is Cn1cc2cc(N3CC(N)CC3=O)ccc2n1.